The summed E-state index contributed by atoms with van der Waals surface area (Å²) in [5, 5.41) is 6.57. The summed E-state index contributed by atoms with van der Waals surface area (Å²) in [7, 11) is -2.04. The lowest BCUT2D eigenvalue weighted by atomic mass is 10.1. The minimum absolute atomic E-state index is 0.0992. The molecule has 0 aliphatic rings. The number of nitrogens with zero attached hydrogens (tertiary/aromatic N) is 1. The fourth-order valence-electron chi connectivity index (χ4n) is 2.75. The van der Waals surface area contributed by atoms with Crippen LogP contribution >= 0.6 is 0 Å². The van der Waals surface area contributed by atoms with E-state index >= 15 is 0 Å². The van der Waals surface area contributed by atoms with Gasteiger partial charge < -0.3 is 15.4 Å². The van der Waals surface area contributed by atoms with Crippen LogP contribution in [0.25, 0.3) is 0 Å². The van der Waals surface area contributed by atoms with Crippen LogP contribution < -0.4 is 20.1 Å². The minimum atomic E-state index is -3.43. The van der Waals surface area contributed by atoms with Crippen LogP contribution in [-0.4, -0.2) is 34.1 Å². The Hall–Kier alpha value is -2.58. The van der Waals surface area contributed by atoms with Gasteiger partial charge in [0.15, 0.2) is 5.96 Å². The monoisotopic (exact) mass is 432 g/mol. The summed E-state index contributed by atoms with van der Waals surface area (Å²) < 4.78 is 31.9. The second-order valence-electron chi connectivity index (χ2n) is 7.18. The molecule has 0 fully saturated rings. The van der Waals surface area contributed by atoms with Crippen LogP contribution in [-0.2, 0) is 23.1 Å². The Balaban J connectivity index is 2.08. The van der Waals surface area contributed by atoms with Gasteiger partial charge in [0.05, 0.1) is 17.5 Å². The first-order valence-corrected chi connectivity index (χ1v) is 11.5. The van der Waals surface area contributed by atoms with Gasteiger partial charge in [-0.3, -0.25) is 0 Å². The fourth-order valence-corrected chi connectivity index (χ4v) is 3.48. The summed E-state index contributed by atoms with van der Waals surface area (Å²) in [6, 6.07) is 12.9. The Labute approximate surface area is 180 Å². The number of benzene rings is 2. The molecule has 0 radical (unpaired) electrons. The predicted molar refractivity (Wildman–Crippen MR) is 121 cm³/mol. The molecule has 0 aliphatic carbocycles. The van der Waals surface area contributed by atoms with E-state index in [1.54, 1.807) is 24.3 Å². The van der Waals surface area contributed by atoms with Gasteiger partial charge in [-0.15, -0.1) is 0 Å². The molecule has 0 bridgehead atoms. The van der Waals surface area contributed by atoms with Gasteiger partial charge in [-0.2, -0.15) is 0 Å². The molecule has 0 spiro atoms. The third-order valence-electron chi connectivity index (χ3n) is 4.30. The molecule has 164 valence electrons. The van der Waals surface area contributed by atoms with Crippen molar-refractivity contribution < 1.29 is 13.2 Å². The lowest BCUT2D eigenvalue weighted by molar-refractivity contribution is 0.239. The zero-order valence-corrected chi connectivity index (χ0v) is 19.1. The molecule has 0 amide bonds. The number of aryl methyl sites for hydroxylation is 1. The van der Waals surface area contributed by atoms with Crippen molar-refractivity contribution in [1.29, 1.82) is 0 Å². The lowest BCUT2D eigenvalue weighted by Gasteiger charge is -2.17. The van der Waals surface area contributed by atoms with Gasteiger partial charge in [0.25, 0.3) is 0 Å². The molecule has 8 heteroatoms. The topological polar surface area (TPSA) is 91.8 Å². The molecule has 0 aliphatic heterocycles. The van der Waals surface area contributed by atoms with Crippen LogP contribution in [0.5, 0.6) is 5.75 Å². The first-order valence-electron chi connectivity index (χ1n) is 10.1. The van der Waals surface area contributed by atoms with E-state index in [-0.39, 0.29) is 11.0 Å². The lowest BCUT2D eigenvalue weighted by Crippen LogP contribution is -2.36. The molecule has 0 unspecified atom stereocenters. The minimum Gasteiger partial charge on any atom is -0.491 e. The maximum Gasteiger partial charge on any atom is 0.240 e. The van der Waals surface area contributed by atoms with Crippen molar-refractivity contribution in [1.82, 2.24) is 15.4 Å². The second kappa shape index (κ2) is 11.0. The number of ether oxygens (including phenoxy) is 1. The van der Waals surface area contributed by atoms with Crippen molar-refractivity contribution in [3.05, 3.63) is 59.2 Å². The molecule has 7 nitrogen and oxygen atoms in total. The van der Waals surface area contributed by atoms with E-state index in [9.17, 15) is 8.42 Å². The van der Waals surface area contributed by atoms with Crippen molar-refractivity contribution in [2.45, 2.75) is 51.8 Å². The van der Waals surface area contributed by atoms with Gasteiger partial charge in [0.1, 0.15) is 5.75 Å². The van der Waals surface area contributed by atoms with Gasteiger partial charge >= 0.3 is 0 Å². The molecule has 30 heavy (non-hydrogen) atoms. The summed E-state index contributed by atoms with van der Waals surface area (Å²) in [6.45, 7) is 9.81. The number of aliphatic imine (C=N–C) groups is 1. The Morgan fingerprint density at radius 1 is 1.10 bits per heavy atom. The Morgan fingerprint density at radius 3 is 2.40 bits per heavy atom. The van der Waals surface area contributed by atoms with Gasteiger partial charge in [-0.05, 0) is 64.1 Å². The molecule has 0 heterocycles. The standard InChI is InChI=1S/C22H32N4O3S/c1-6-24-22(25-14-18-8-11-20(12-9-18)30(27,28)23-5)26-15-19-10-7-17(4)13-21(19)29-16(2)3/h7-13,16,23H,6,14-15H2,1-5H3,(H2,24,25,26). The zero-order valence-electron chi connectivity index (χ0n) is 18.3. The van der Waals surface area contributed by atoms with E-state index in [0.29, 0.717) is 19.0 Å². The van der Waals surface area contributed by atoms with Crippen molar-refractivity contribution >= 4 is 16.0 Å². The van der Waals surface area contributed by atoms with Gasteiger partial charge in [-0.25, -0.2) is 18.1 Å². The molecule has 0 saturated carbocycles. The van der Waals surface area contributed by atoms with E-state index < -0.39 is 10.0 Å². The Bertz CT molecular complexity index is 955. The van der Waals surface area contributed by atoms with E-state index in [1.165, 1.54) is 7.05 Å². The third-order valence-corrected chi connectivity index (χ3v) is 5.73. The first-order chi connectivity index (χ1) is 14.2. The van der Waals surface area contributed by atoms with Crippen LogP contribution in [0, 0.1) is 6.92 Å². The average Bonchev–Trinajstić information content (AvgIpc) is 2.71. The molecule has 0 aromatic heterocycles. The molecule has 2 aromatic carbocycles. The highest BCUT2D eigenvalue weighted by Gasteiger charge is 2.10. The number of hydrogen-bond donors (Lipinski definition) is 3. The number of guanidine groups is 1. The van der Waals surface area contributed by atoms with Crippen LogP contribution in [0.3, 0.4) is 0 Å². The fraction of sp³-hybridized carbons (Fsp3) is 0.409. The summed E-state index contributed by atoms with van der Waals surface area (Å²) in [5.41, 5.74) is 3.13. The SMILES string of the molecule is CCNC(=NCc1ccc(S(=O)(=O)NC)cc1)NCc1ccc(C)cc1OC(C)C. The van der Waals surface area contributed by atoms with E-state index in [2.05, 4.69) is 32.5 Å². The quantitative estimate of drug-likeness (QED) is 0.419. The zero-order chi connectivity index (χ0) is 22.1. The molecule has 0 atom stereocenters. The average molecular weight is 433 g/mol. The van der Waals surface area contributed by atoms with Crippen molar-refractivity contribution in [3.63, 3.8) is 0 Å². The molecule has 2 rings (SSSR count). The second-order valence-corrected chi connectivity index (χ2v) is 9.06. The number of rotatable bonds is 9. The van der Waals surface area contributed by atoms with Gasteiger partial charge in [0, 0.05) is 18.7 Å². The van der Waals surface area contributed by atoms with Crippen molar-refractivity contribution in [2.24, 2.45) is 4.99 Å². The number of hydrogen-bond acceptors (Lipinski definition) is 4. The summed E-state index contributed by atoms with van der Waals surface area (Å²) in [4.78, 5) is 4.84. The summed E-state index contributed by atoms with van der Waals surface area (Å²) in [6.07, 6.45) is 0.0992. The third kappa shape index (κ3) is 7.03. The molecule has 2 aromatic rings. The van der Waals surface area contributed by atoms with Crippen LogP contribution in [0.2, 0.25) is 0 Å². The van der Waals surface area contributed by atoms with E-state index in [0.717, 1.165) is 29.0 Å². The summed E-state index contributed by atoms with van der Waals surface area (Å²) in [5.74, 6) is 1.55. The largest absolute Gasteiger partial charge is 0.491 e. The molecule has 3 N–H and O–H groups in total. The number of nitrogens with one attached hydrogen (secondary N) is 3. The maximum atomic E-state index is 11.8. The highest BCUT2D eigenvalue weighted by atomic mass is 32.2. The van der Waals surface area contributed by atoms with Crippen LogP contribution in [0.4, 0.5) is 0 Å². The van der Waals surface area contributed by atoms with E-state index in [4.69, 9.17) is 4.74 Å². The highest BCUT2D eigenvalue weighted by Crippen LogP contribution is 2.21. The summed E-state index contributed by atoms with van der Waals surface area (Å²) >= 11 is 0. The predicted octanol–water partition coefficient (Wildman–Crippen LogP) is 2.95. The Kier molecular flexibility index (Phi) is 8.68. The van der Waals surface area contributed by atoms with Crippen molar-refractivity contribution in [2.75, 3.05) is 13.6 Å². The normalized spacial score (nSPS) is 12.1. The van der Waals surface area contributed by atoms with Crippen LogP contribution in [0.1, 0.15) is 37.5 Å². The highest BCUT2D eigenvalue weighted by molar-refractivity contribution is 7.89. The molecule has 0 saturated heterocycles. The van der Waals surface area contributed by atoms with Crippen molar-refractivity contribution in [3.8, 4) is 5.75 Å². The maximum absolute atomic E-state index is 11.8. The van der Waals surface area contributed by atoms with Crippen LogP contribution in [0.15, 0.2) is 52.4 Å². The first kappa shape index (κ1) is 23.7. The Morgan fingerprint density at radius 2 is 1.80 bits per heavy atom. The number of sulfonamides is 1. The van der Waals surface area contributed by atoms with Gasteiger partial charge in [-0.1, -0.05) is 24.3 Å². The molecular weight excluding hydrogens is 400 g/mol. The van der Waals surface area contributed by atoms with Gasteiger partial charge in [0.2, 0.25) is 10.0 Å². The molecular formula is C22H32N4O3S. The smallest absolute Gasteiger partial charge is 0.240 e. The van der Waals surface area contributed by atoms with E-state index in [1.807, 2.05) is 33.8 Å².